The monoisotopic (exact) mass is 305 g/mol. The summed E-state index contributed by atoms with van der Waals surface area (Å²) in [5.41, 5.74) is 3.18. The third kappa shape index (κ3) is 3.14. The average molecular weight is 305 g/mol. The summed E-state index contributed by atoms with van der Waals surface area (Å²) in [4.78, 5) is 18.2. The van der Waals surface area contributed by atoms with Crippen molar-refractivity contribution in [1.29, 1.82) is 0 Å². The lowest BCUT2D eigenvalue weighted by molar-refractivity contribution is 0.249. The number of hydrogen-bond acceptors (Lipinski definition) is 5. The zero-order valence-corrected chi connectivity index (χ0v) is 13.0. The molecule has 0 aliphatic carbocycles. The number of benzene rings is 1. The summed E-state index contributed by atoms with van der Waals surface area (Å²) in [6.45, 7) is 4.98. The predicted octanol–water partition coefficient (Wildman–Crippen LogP) is 2.35. The summed E-state index contributed by atoms with van der Waals surface area (Å²) >= 11 is 0. The maximum absolute atomic E-state index is 4.74. The number of pyridine rings is 1. The van der Waals surface area contributed by atoms with Gasteiger partial charge in [-0.15, -0.1) is 0 Å². The first-order chi connectivity index (χ1) is 11.4. The molecule has 3 heterocycles. The molecule has 1 aliphatic rings. The van der Waals surface area contributed by atoms with Crippen LogP contribution < -0.4 is 4.90 Å². The zero-order valence-electron chi connectivity index (χ0n) is 13.0. The quantitative estimate of drug-likeness (QED) is 0.743. The maximum Gasteiger partial charge on any atom is 0.147 e. The SMILES string of the molecule is c1cncc(CN2CCN(c3cnc4ccccc4n3)CC2)c1. The molecule has 5 nitrogen and oxygen atoms in total. The summed E-state index contributed by atoms with van der Waals surface area (Å²) in [5, 5.41) is 0. The molecule has 0 radical (unpaired) electrons. The molecule has 0 spiro atoms. The molecule has 3 aromatic rings. The molecule has 0 unspecified atom stereocenters. The summed E-state index contributed by atoms with van der Waals surface area (Å²) in [7, 11) is 0. The van der Waals surface area contributed by atoms with Crippen LogP contribution in [0.25, 0.3) is 11.0 Å². The first-order valence-electron chi connectivity index (χ1n) is 7.96. The molecule has 1 aromatic carbocycles. The van der Waals surface area contributed by atoms with Crippen LogP contribution in [0.15, 0.2) is 55.0 Å². The number of rotatable bonds is 3. The van der Waals surface area contributed by atoms with Gasteiger partial charge in [-0.3, -0.25) is 14.9 Å². The van der Waals surface area contributed by atoms with Gasteiger partial charge in [-0.05, 0) is 23.8 Å². The Morgan fingerprint density at radius 2 is 1.70 bits per heavy atom. The second-order valence-electron chi connectivity index (χ2n) is 5.84. The van der Waals surface area contributed by atoms with Crippen molar-refractivity contribution in [2.45, 2.75) is 6.54 Å². The first kappa shape index (κ1) is 14.1. The van der Waals surface area contributed by atoms with Crippen molar-refractivity contribution in [3.8, 4) is 0 Å². The van der Waals surface area contributed by atoms with Crippen LogP contribution in [0.4, 0.5) is 5.82 Å². The molecule has 23 heavy (non-hydrogen) atoms. The largest absolute Gasteiger partial charge is 0.353 e. The molecule has 0 amide bonds. The Kier molecular flexibility index (Phi) is 3.86. The third-order valence-corrected chi connectivity index (χ3v) is 4.26. The predicted molar refractivity (Wildman–Crippen MR) is 91.3 cm³/mol. The van der Waals surface area contributed by atoms with E-state index >= 15 is 0 Å². The van der Waals surface area contributed by atoms with E-state index in [4.69, 9.17) is 4.98 Å². The zero-order chi connectivity index (χ0) is 15.5. The van der Waals surface area contributed by atoms with Gasteiger partial charge in [-0.2, -0.15) is 0 Å². The molecule has 116 valence electrons. The van der Waals surface area contributed by atoms with Gasteiger partial charge >= 0.3 is 0 Å². The molecule has 0 bridgehead atoms. The Balaban J connectivity index is 1.42. The Morgan fingerprint density at radius 3 is 2.48 bits per heavy atom. The van der Waals surface area contributed by atoms with Gasteiger partial charge in [-0.25, -0.2) is 4.98 Å². The van der Waals surface area contributed by atoms with E-state index < -0.39 is 0 Å². The van der Waals surface area contributed by atoms with Gasteiger partial charge in [0.1, 0.15) is 5.82 Å². The van der Waals surface area contributed by atoms with Gasteiger partial charge in [0.05, 0.1) is 17.2 Å². The van der Waals surface area contributed by atoms with Crippen molar-refractivity contribution >= 4 is 16.9 Å². The lowest BCUT2D eigenvalue weighted by Crippen LogP contribution is -2.46. The van der Waals surface area contributed by atoms with E-state index in [1.165, 1.54) is 5.56 Å². The number of para-hydroxylation sites is 2. The van der Waals surface area contributed by atoms with Crippen molar-refractivity contribution < 1.29 is 0 Å². The lowest BCUT2D eigenvalue weighted by atomic mass is 10.2. The highest BCUT2D eigenvalue weighted by Gasteiger charge is 2.18. The normalized spacial score (nSPS) is 15.9. The summed E-state index contributed by atoms with van der Waals surface area (Å²) < 4.78 is 0. The molecule has 1 saturated heterocycles. The minimum absolute atomic E-state index is 0.950. The van der Waals surface area contributed by atoms with Gasteiger partial charge in [0, 0.05) is 45.1 Å². The summed E-state index contributed by atoms with van der Waals surface area (Å²) in [6, 6.07) is 12.1. The van der Waals surface area contributed by atoms with E-state index in [1.807, 2.05) is 48.9 Å². The fourth-order valence-corrected chi connectivity index (χ4v) is 2.98. The van der Waals surface area contributed by atoms with E-state index in [9.17, 15) is 0 Å². The third-order valence-electron chi connectivity index (χ3n) is 4.26. The van der Waals surface area contributed by atoms with Crippen LogP contribution in [0.1, 0.15) is 5.56 Å². The standard InChI is InChI=1S/C18H19N5/c1-2-6-17-16(5-1)20-13-18(21-17)23-10-8-22(9-11-23)14-15-4-3-7-19-12-15/h1-7,12-13H,8-11,14H2. The first-order valence-corrected chi connectivity index (χ1v) is 7.96. The summed E-state index contributed by atoms with van der Waals surface area (Å²) in [5.74, 6) is 0.977. The van der Waals surface area contributed by atoms with Crippen molar-refractivity contribution in [3.05, 3.63) is 60.6 Å². The Bertz CT molecular complexity index is 782. The minimum atomic E-state index is 0.950. The van der Waals surface area contributed by atoms with Crippen molar-refractivity contribution in [2.75, 3.05) is 31.1 Å². The Hall–Kier alpha value is -2.53. The van der Waals surface area contributed by atoms with E-state index in [0.29, 0.717) is 0 Å². The number of aromatic nitrogens is 3. The molecular formula is C18H19N5. The molecule has 1 fully saturated rings. The van der Waals surface area contributed by atoms with Gasteiger partial charge in [0.2, 0.25) is 0 Å². The van der Waals surface area contributed by atoms with Crippen LogP contribution >= 0.6 is 0 Å². The molecule has 5 heteroatoms. The van der Waals surface area contributed by atoms with Crippen LogP contribution in [0.3, 0.4) is 0 Å². The minimum Gasteiger partial charge on any atom is -0.353 e. The number of fused-ring (bicyclic) bond motifs is 1. The Labute approximate surface area is 135 Å². The van der Waals surface area contributed by atoms with Crippen LogP contribution in [0, 0.1) is 0 Å². The highest BCUT2D eigenvalue weighted by atomic mass is 15.3. The van der Waals surface area contributed by atoms with E-state index in [-0.39, 0.29) is 0 Å². The molecule has 1 aliphatic heterocycles. The van der Waals surface area contributed by atoms with E-state index in [0.717, 1.165) is 49.6 Å². The van der Waals surface area contributed by atoms with Crippen LogP contribution in [0.2, 0.25) is 0 Å². The van der Waals surface area contributed by atoms with Gasteiger partial charge in [-0.1, -0.05) is 18.2 Å². The molecule has 0 saturated carbocycles. The van der Waals surface area contributed by atoms with E-state index in [1.54, 1.807) is 0 Å². The van der Waals surface area contributed by atoms with Crippen LogP contribution in [-0.2, 0) is 6.54 Å². The summed E-state index contributed by atoms with van der Waals surface area (Å²) in [6.07, 6.45) is 5.65. The second kappa shape index (κ2) is 6.30. The Morgan fingerprint density at radius 1 is 0.870 bits per heavy atom. The number of hydrogen-bond donors (Lipinski definition) is 0. The van der Waals surface area contributed by atoms with Gasteiger partial charge in [0.25, 0.3) is 0 Å². The smallest absolute Gasteiger partial charge is 0.147 e. The lowest BCUT2D eigenvalue weighted by Gasteiger charge is -2.35. The fourth-order valence-electron chi connectivity index (χ4n) is 2.98. The van der Waals surface area contributed by atoms with Gasteiger partial charge < -0.3 is 4.90 Å². The molecule has 2 aromatic heterocycles. The second-order valence-corrected chi connectivity index (χ2v) is 5.84. The highest BCUT2D eigenvalue weighted by Crippen LogP contribution is 2.17. The number of anilines is 1. The topological polar surface area (TPSA) is 45.2 Å². The number of piperazine rings is 1. The van der Waals surface area contributed by atoms with Crippen molar-refractivity contribution in [3.63, 3.8) is 0 Å². The highest BCUT2D eigenvalue weighted by molar-refractivity contribution is 5.75. The number of nitrogens with zero attached hydrogens (tertiary/aromatic N) is 5. The van der Waals surface area contributed by atoms with Crippen LogP contribution in [0.5, 0.6) is 0 Å². The maximum atomic E-state index is 4.74. The molecule has 0 N–H and O–H groups in total. The fraction of sp³-hybridized carbons (Fsp3) is 0.278. The van der Waals surface area contributed by atoms with Crippen LogP contribution in [-0.4, -0.2) is 46.0 Å². The van der Waals surface area contributed by atoms with Crippen molar-refractivity contribution in [2.24, 2.45) is 0 Å². The average Bonchev–Trinajstić information content (AvgIpc) is 2.63. The molecule has 0 atom stereocenters. The molecular weight excluding hydrogens is 286 g/mol. The van der Waals surface area contributed by atoms with Crippen molar-refractivity contribution in [1.82, 2.24) is 19.9 Å². The van der Waals surface area contributed by atoms with E-state index in [2.05, 4.69) is 25.8 Å². The molecule has 4 rings (SSSR count). The van der Waals surface area contributed by atoms with Gasteiger partial charge in [0.15, 0.2) is 0 Å².